The van der Waals surface area contributed by atoms with Gasteiger partial charge in [0.1, 0.15) is 11.6 Å². The van der Waals surface area contributed by atoms with Gasteiger partial charge in [-0.2, -0.15) is 0 Å². The SMILES string of the molecule is CNc1ccccc1.C[C@@H]1C[C@H]2[C@@H]3CC[C@H]4C[C@](C)(O)CC[C@]4(C)[C@H]3CC[C@]2(C)[C@H]1C(=O)CBr.C[C@@H]1C[C@H]2[C@@H]3CC[C@H]4C[C@](C)(O)CC[C@]4(C)[C@H]3CC[C@]2(C)[C@H]1C(=O)CBr.C[C@@H]1C[C@H]2[C@@H]3CC[C@H]4C[C@](C)(O)CC[C@]4(C)[C@H]3CC[C@]2(C)[C@H]1C(=O)CN(C)c1ccccc1.C[C@@H]1C[C@H]2[C@@H]3CC[C@H]4C[C@](C)(O)CC[C@]4(C)[C@H]3CC[C@]2(C)[C@H]1C(=O)CNc1ccccc1.Nc1ccccc1. The second kappa shape index (κ2) is 39.6. The number of hydrogen-bond donors (Lipinski definition) is 7. The maximum absolute atomic E-state index is 13.8. The van der Waals surface area contributed by atoms with Gasteiger partial charge in [0.15, 0.2) is 11.6 Å². The third-order valence-corrected chi connectivity index (χ3v) is 44.6. The van der Waals surface area contributed by atoms with Gasteiger partial charge in [-0.25, -0.2) is 0 Å². The maximum Gasteiger partial charge on any atom is 0.155 e. The molecule has 732 valence electrons. The predicted octanol–water partition coefficient (Wildman–Crippen LogP) is 26.9. The summed E-state index contributed by atoms with van der Waals surface area (Å²) in [4.78, 5) is 54.9. The number of benzene rings is 4. The van der Waals surface area contributed by atoms with E-state index in [2.05, 4.69) is 176 Å². The number of nitrogens with one attached hydrogen (secondary N) is 2. The normalized spacial score (nSPS) is 46.5. The Kier molecular flexibility index (Phi) is 30.6. The van der Waals surface area contributed by atoms with Gasteiger partial charge in [0.2, 0.25) is 0 Å². The molecule has 0 saturated heterocycles. The maximum atomic E-state index is 13.8. The molecule has 14 heteroatoms. The molecule has 16 aliphatic carbocycles. The fourth-order valence-electron chi connectivity index (χ4n) is 37.1. The van der Waals surface area contributed by atoms with Gasteiger partial charge in [0.05, 0.1) is 46.2 Å². The van der Waals surface area contributed by atoms with Gasteiger partial charge in [-0.05, 0) is 443 Å². The van der Waals surface area contributed by atoms with Crippen molar-refractivity contribution in [3.05, 3.63) is 121 Å². The van der Waals surface area contributed by atoms with Crippen molar-refractivity contribution < 1.29 is 39.6 Å². The summed E-state index contributed by atoms with van der Waals surface area (Å²) < 4.78 is 0. The van der Waals surface area contributed by atoms with Crippen LogP contribution < -0.4 is 21.3 Å². The lowest BCUT2D eigenvalue weighted by molar-refractivity contribution is -0.150. The number of Topliss-reactive ketones (excluding diaryl/α,β-unsaturated/α-hetero) is 4. The fourth-order valence-corrected chi connectivity index (χ4v) is 37.8. The molecule has 0 spiro atoms. The van der Waals surface area contributed by atoms with E-state index < -0.39 is 22.4 Å². The van der Waals surface area contributed by atoms with Gasteiger partial charge >= 0.3 is 0 Å². The average molecular weight is 1940 g/mol. The number of nitrogen functional groups attached to an aromatic ring is 1. The van der Waals surface area contributed by atoms with Crippen molar-refractivity contribution in [3.63, 3.8) is 0 Å². The quantitative estimate of drug-likeness (QED) is 0.0494. The van der Waals surface area contributed by atoms with E-state index in [4.69, 9.17) is 5.73 Å². The number of halogens is 2. The predicted molar refractivity (Wildman–Crippen MR) is 551 cm³/mol. The van der Waals surface area contributed by atoms with E-state index in [1.54, 1.807) is 0 Å². The summed E-state index contributed by atoms with van der Waals surface area (Å²) in [5.41, 5.74) is 9.99. The summed E-state index contributed by atoms with van der Waals surface area (Å²) in [5, 5.41) is 50.2. The lowest BCUT2D eigenvalue weighted by Gasteiger charge is -2.61. The number of rotatable bonds is 13. The van der Waals surface area contributed by atoms with Gasteiger partial charge < -0.3 is 41.7 Å². The van der Waals surface area contributed by atoms with Gasteiger partial charge in [-0.3, -0.25) is 19.2 Å². The third kappa shape index (κ3) is 19.7. The molecule has 0 amide bonds. The number of nitrogens with two attached hydrogens (primary N) is 1. The van der Waals surface area contributed by atoms with Crippen molar-refractivity contribution in [1.29, 1.82) is 0 Å². The molecule has 0 bridgehead atoms. The molecule has 0 heterocycles. The summed E-state index contributed by atoms with van der Waals surface area (Å²) in [5.74, 6) is 16.5. The van der Waals surface area contributed by atoms with E-state index in [1.807, 2.05) is 118 Å². The van der Waals surface area contributed by atoms with E-state index in [1.165, 1.54) is 154 Å². The summed E-state index contributed by atoms with van der Waals surface area (Å²) in [6.07, 6.45) is 37.8. The van der Waals surface area contributed by atoms with Crippen molar-refractivity contribution in [2.24, 2.45) is 185 Å². The van der Waals surface area contributed by atoms with Crippen LogP contribution in [-0.2, 0) is 19.2 Å². The molecular formula is C118H178Br2N4O8. The van der Waals surface area contributed by atoms with E-state index in [0.29, 0.717) is 128 Å². The Morgan fingerprint density at radius 1 is 0.341 bits per heavy atom. The molecular weight excluding hydrogens is 1760 g/mol. The number of ketones is 4. The number of para-hydroxylation sites is 4. The van der Waals surface area contributed by atoms with Crippen molar-refractivity contribution in [3.8, 4) is 0 Å². The summed E-state index contributed by atoms with van der Waals surface area (Å²) >= 11 is 6.91. The van der Waals surface area contributed by atoms with E-state index in [-0.39, 0.29) is 45.3 Å². The van der Waals surface area contributed by atoms with Crippen LogP contribution >= 0.6 is 31.9 Å². The fraction of sp³-hybridized carbons (Fsp3) is 0.763. The van der Waals surface area contributed by atoms with Crippen LogP contribution in [0.5, 0.6) is 0 Å². The van der Waals surface area contributed by atoms with Crippen molar-refractivity contribution >= 4 is 77.7 Å². The number of alkyl halides is 2. The molecule has 8 N–H and O–H groups in total. The van der Waals surface area contributed by atoms with Crippen molar-refractivity contribution in [1.82, 2.24) is 0 Å². The van der Waals surface area contributed by atoms with E-state index in [0.717, 1.165) is 133 Å². The molecule has 4 aromatic carbocycles. The molecule has 20 rings (SSSR count). The molecule has 16 fully saturated rings. The van der Waals surface area contributed by atoms with Gasteiger partial charge in [-0.15, -0.1) is 0 Å². The van der Waals surface area contributed by atoms with Crippen molar-refractivity contribution in [2.75, 3.05) is 59.1 Å². The Morgan fingerprint density at radius 2 is 0.606 bits per heavy atom. The lowest BCUT2D eigenvalue weighted by Crippen LogP contribution is -2.56. The van der Waals surface area contributed by atoms with Gasteiger partial charge in [0, 0.05) is 60.5 Å². The molecule has 36 atom stereocenters. The zero-order valence-electron chi connectivity index (χ0n) is 85.1. The first-order chi connectivity index (χ1) is 62.3. The highest BCUT2D eigenvalue weighted by Gasteiger charge is 2.69. The topological polar surface area (TPSA) is 203 Å². The molecule has 0 aromatic heterocycles. The largest absolute Gasteiger partial charge is 0.399 e. The second-order valence-corrected chi connectivity index (χ2v) is 52.6. The van der Waals surface area contributed by atoms with Crippen LogP contribution in [0, 0.1) is 185 Å². The van der Waals surface area contributed by atoms with Crippen LogP contribution in [-0.4, -0.2) is 104 Å². The number of likely N-dealkylation sites (N-methyl/N-ethyl adjacent to an activating group) is 1. The summed E-state index contributed by atoms with van der Waals surface area (Å²) in [6.45, 7) is 38.6. The zero-order chi connectivity index (χ0) is 95.1. The van der Waals surface area contributed by atoms with Crippen LogP contribution in [0.4, 0.5) is 22.7 Å². The summed E-state index contributed by atoms with van der Waals surface area (Å²) in [6, 6.07) is 40.0. The monoisotopic (exact) mass is 1940 g/mol. The molecule has 132 heavy (non-hydrogen) atoms. The Labute approximate surface area is 816 Å². The average Bonchev–Trinajstić information content (AvgIpc) is 1.49. The van der Waals surface area contributed by atoms with Crippen LogP contribution in [0.2, 0.25) is 0 Å². The highest BCUT2D eigenvalue weighted by molar-refractivity contribution is 9.09. The first-order valence-corrected chi connectivity index (χ1v) is 55.7. The van der Waals surface area contributed by atoms with Gasteiger partial charge in [-0.1, -0.05) is 188 Å². The number of fused-ring (bicyclic) bond motifs is 20. The third-order valence-electron chi connectivity index (χ3n) is 43.5. The minimum absolute atomic E-state index is 0.151. The molecule has 16 aliphatic rings. The molecule has 0 radical (unpaired) electrons. The number of carbonyl (C=O) groups is 4. The minimum atomic E-state index is -0.468. The van der Waals surface area contributed by atoms with Crippen LogP contribution in [0.15, 0.2) is 121 Å². The van der Waals surface area contributed by atoms with Crippen LogP contribution in [0.1, 0.15) is 316 Å². The van der Waals surface area contributed by atoms with E-state index >= 15 is 0 Å². The smallest absolute Gasteiger partial charge is 0.155 e. The highest BCUT2D eigenvalue weighted by Crippen LogP contribution is 2.75. The number of anilines is 4. The number of hydrogen-bond acceptors (Lipinski definition) is 12. The molecule has 4 aromatic rings. The lowest BCUT2D eigenvalue weighted by atomic mass is 9.44. The first kappa shape index (κ1) is 102. The van der Waals surface area contributed by atoms with Crippen molar-refractivity contribution in [2.45, 2.75) is 339 Å². The first-order valence-electron chi connectivity index (χ1n) is 53.5. The van der Waals surface area contributed by atoms with Crippen LogP contribution in [0.3, 0.4) is 0 Å². The number of carbonyl (C=O) groups excluding carboxylic acids is 4. The second-order valence-electron chi connectivity index (χ2n) is 51.4. The zero-order valence-corrected chi connectivity index (χ0v) is 88.2. The number of aliphatic hydroxyl groups is 4. The molecule has 12 nitrogen and oxygen atoms in total. The standard InChI is InChI=1S/C30H45NO2.C29H43NO2.2C23H37BrO2.C7H9N.C6H7N/c1-20-17-25-23-12-11-21-18-28(2,33)15-16-29(21,3)24(23)13-14-30(25,4)27(20)26(32)19-31(5)22-9-7-6-8-10-22;1-19-16-24-22-11-10-20-17-27(2,32)14-15-28(20,3)23(22)12-13-29(24,4)26(19)25(31)18-30-21-8-6-5-7-9-21;2*1-14-11-18-16-6-5-15-12-21(2,26)9-10-22(15,3)17(16)7-8-23(18,4)20(14)19(25)13-24;1-8-7-5-3-2-4-6-7;7-6-4-2-1-3-5-6/h6-10,20-21,23-25,27,33H,11-19H2,1-5H3;5-9,19-20,22-24,26,30,32H,10-18H2,1-4H3;2*14-18,20,26H,5-13H2,1-4H3;2-6,8H,1H3;1-5H,7H2/t20-,21+,23-,24+,25+,27-,28-,29+,30+;19-,20+,22-,23+,24+,26-,27-,28+,29+;2*14-,15+,16-,17+,18+,20-,21-,22+,23+;;/m1111../s1. The molecule has 0 aliphatic heterocycles. The molecule has 16 saturated carbocycles. The summed E-state index contributed by atoms with van der Waals surface area (Å²) in [7, 11) is 3.97. The van der Waals surface area contributed by atoms with E-state index in [9.17, 15) is 39.6 Å². The number of nitrogens with zero attached hydrogens (tertiary/aromatic N) is 1. The Balaban J connectivity index is 0.000000128. The van der Waals surface area contributed by atoms with Gasteiger partial charge in [0.25, 0.3) is 0 Å². The Bertz CT molecular complexity index is 4460. The Morgan fingerprint density at radius 3 is 0.871 bits per heavy atom. The van der Waals surface area contributed by atoms with Crippen LogP contribution in [0.25, 0.3) is 0 Å². The highest BCUT2D eigenvalue weighted by atomic mass is 79.9. The minimum Gasteiger partial charge on any atom is -0.399 e. The Hall–Kier alpha value is -4.44. The molecule has 0 unspecified atom stereocenters.